The van der Waals surface area contributed by atoms with Crippen LogP contribution in [-0.2, 0) is 28.6 Å². The number of aliphatic hydroxyl groups excluding tert-OH is 2. The summed E-state index contributed by atoms with van der Waals surface area (Å²) in [6, 6.07) is 6.21. The first-order valence-electron chi connectivity index (χ1n) is 15.5. The number of fused-ring (bicyclic) bond motifs is 4. The van der Waals surface area contributed by atoms with E-state index in [0.717, 1.165) is 41.5 Å². The summed E-state index contributed by atoms with van der Waals surface area (Å²) in [6.45, 7) is 7.13. The number of rotatable bonds is 11. The molecule has 0 heterocycles. The lowest BCUT2D eigenvalue weighted by atomic mass is 9.52. The Morgan fingerprint density at radius 2 is 1.86 bits per heavy atom. The Hall–Kier alpha value is -2.43. The van der Waals surface area contributed by atoms with Gasteiger partial charge in [0.25, 0.3) is 10.1 Å². The van der Waals surface area contributed by atoms with Gasteiger partial charge in [0.05, 0.1) is 11.0 Å². The van der Waals surface area contributed by atoms with Crippen LogP contribution < -0.4 is 0 Å². The minimum absolute atomic E-state index is 0.0443. The van der Waals surface area contributed by atoms with Gasteiger partial charge in [-0.1, -0.05) is 61.6 Å². The van der Waals surface area contributed by atoms with Crippen molar-refractivity contribution < 1.29 is 37.1 Å². The van der Waals surface area contributed by atoms with Gasteiger partial charge in [-0.05, 0) is 94.6 Å². The molecule has 5 rings (SSSR count). The third-order valence-electron chi connectivity index (χ3n) is 10.5. The van der Waals surface area contributed by atoms with E-state index < -0.39 is 51.3 Å². The Bertz CT molecular complexity index is 1470. The van der Waals surface area contributed by atoms with E-state index in [0.29, 0.717) is 25.7 Å². The average molecular weight is 613 g/mol. The summed E-state index contributed by atoms with van der Waals surface area (Å²) in [6.07, 6.45) is 8.27. The molecular formula is C34H44O8S. The zero-order valence-electron chi connectivity index (χ0n) is 25.6. The molecule has 1 aromatic rings. The largest absolute Gasteiger partial charge is 0.389 e. The minimum Gasteiger partial charge on any atom is -0.389 e. The van der Waals surface area contributed by atoms with Gasteiger partial charge in [-0.2, -0.15) is 8.42 Å². The van der Waals surface area contributed by atoms with E-state index in [4.69, 9.17) is 8.92 Å². The Balaban J connectivity index is 1.49. The number of ether oxygens (including phenoxy) is 1. The summed E-state index contributed by atoms with van der Waals surface area (Å²) in [7, 11) is -4.22. The van der Waals surface area contributed by atoms with Gasteiger partial charge in [-0.25, -0.2) is 0 Å². The van der Waals surface area contributed by atoms with Crippen molar-refractivity contribution in [3.63, 3.8) is 0 Å². The predicted molar refractivity (Wildman–Crippen MR) is 161 cm³/mol. The molecular weight excluding hydrogens is 568 g/mol. The molecule has 43 heavy (non-hydrogen) atoms. The summed E-state index contributed by atoms with van der Waals surface area (Å²) in [5.74, 6) is -0.733. The lowest BCUT2D eigenvalue weighted by molar-refractivity contribution is -0.227. The first-order valence-corrected chi connectivity index (χ1v) is 16.9. The Kier molecular flexibility index (Phi) is 8.79. The standard InChI is InChI=1S/C34H44O8S/c1-5-6-7-8-30(38)42-34(29(37)21-41-43(39,40)25-12-9-22(2)10-13-25)18-16-27-26-14-11-23-19-24(35)15-17-32(23,3)31(26)28(36)20-33(27,34)4/h9-10,12-13,15,17,19,27-28,30,36,38H,5-8,11,14,16,18,20-21H2,1-4H3/t27-,28-,30?,32-,33-,34-/m0/s1. The molecule has 8 nitrogen and oxygen atoms in total. The zero-order chi connectivity index (χ0) is 31.2. The smallest absolute Gasteiger partial charge is 0.297 e. The first kappa shape index (κ1) is 32.0. The van der Waals surface area contributed by atoms with Crippen LogP contribution in [0.3, 0.4) is 0 Å². The van der Waals surface area contributed by atoms with Crippen molar-refractivity contribution in [3.8, 4) is 0 Å². The molecule has 1 unspecified atom stereocenters. The van der Waals surface area contributed by atoms with E-state index in [9.17, 15) is 28.2 Å². The highest BCUT2D eigenvalue weighted by molar-refractivity contribution is 7.86. The summed E-state index contributed by atoms with van der Waals surface area (Å²) in [5.41, 5.74) is 0.789. The van der Waals surface area contributed by atoms with Gasteiger partial charge in [0.1, 0.15) is 12.2 Å². The van der Waals surface area contributed by atoms with Crippen LogP contribution in [0.2, 0.25) is 0 Å². The molecule has 9 heteroatoms. The van der Waals surface area contributed by atoms with Gasteiger partial charge in [-0.3, -0.25) is 13.8 Å². The zero-order valence-corrected chi connectivity index (χ0v) is 26.4. The lowest BCUT2D eigenvalue weighted by Gasteiger charge is -2.54. The normalized spacial score (nSPS) is 32.6. The van der Waals surface area contributed by atoms with Crippen molar-refractivity contribution in [2.45, 2.75) is 108 Å². The number of hydrogen-bond acceptors (Lipinski definition) is 8. The molecule has 0 radical (unpaired) electrons. The predicted octanol–water partition coefficient (Wildman–Crippen LogP) is 5.27. The Morgan fingerprint density at radius 3 is 2.56 bits per heavy atom. The number of ketones is 2. The molecule has 4 aliphatic rings. The number of carbonyl (C=O) groups excluding carboxylic acids is 2. The van der Waals surface area contributed by atoms with Crippen molar-refractivity contribution >= 4 is 21.7 Å². The maximum atomic E-state index is 14.2. The fraction of sp³-hybridized carbons (Fsp3) is 0.588. The van der Waals surface area contributed by atoms with Crippen molar-refractivity contribution in [2.24, 2.45) is 16.7 Å². The van der Waals surface area contributed by atoms with Gasteiger partial charge < -0.3 is 14.9 Å². The van der Waals surface area contributed by atoms with Gasteiger partial charge in [0.2, 0.25) is 0 Å². The van der Waals surface area contributed by atoms with Crippen LogP contribution in [0.25, 0.3) is 0 Å². The molecule has 0 spiro atoms. The molecule has 0 amide bonds. The van der Waals surface area contributed by atoms with E-state index in [1.807, 2.05) is 26.8 Å². The number of aliphatic hydroxyl groups is 2. The van der Waals surface area contributed by atoms with Crippen LogP contribution in [0.15, 0.2) is 64.1 Å². The van der Waals surface area contributed by atoms with Crippen LogP contribution in [-0.4, -0.2) is 54.8 Å². The summed E-state index contributed by atoms with van der Waals surface area (Å²) >= 11 is 0. The van der Waals surface area contributed by atoms with Crippen molar-refractivity contribution in [3.05, 3.63) is 64.8 Å². The molecule has 1 aromatic carbocycles. The van der Waals surface area contributed by atoms with Crippen LogP contribution in [0, 0.1) is 23.7 Å². The van der Waals surface area contributed by atoms with Crippen LogP contribution >= 0.6 is 0 Å². The van der Waals surface area contributed by atoms with E-state index in [1.54, 1.807) is 24.3 Å². The molecule has 0 aromatic heterocycles. The van der Waals surface area contributed by atoms with Crippen LogP contribution in [0.5, 0.6) is 0 Å². The van der Waals surface area contributed by atoms with E-state index in [-0.39, 0.29) is 29.4 Å². The number of unbranched alkanes of at least 4 members (excludes halogenated alkanes) is 2. The topological polar surface area (TPSA) is 127 Å². The van der Waals surface area contributed by atoms with Gasteiger partial charge in [-0.15, -0.1) is 0 Å². The monoisotopic (exact) mass is 612 g/mol. The molecule has 4 aliphatic carbocycles. The quantitative estimate of drug-likeness (QED) is 0.150. The molecule has 0 saturated heterocycles. The third kappa shape index (κ3) is 5.52. The fourth-order valence-corrected chi connectivity index (χ4v) is 9.05. The summed E-state index contributed by atoms with van der Waals surface area (Å²) in [4.78, 5) is 26.3. The molecule has 2 N–H and O–H groups in total. The van der Waals surface area contributed by atoms with Gasteiger partial charge in [0, 0.05) is 10.8 Å². The third-order valence-corrected chi connectivity index (χ3v) is 11.8. The summed E-state index contributed by atoms with van der Waals surface area (Å²) < 4.78 is 37.7. The SMILES string of the molecule is CCCCCC(O)O[C@]1(C(=O)COS(=O)(=O)c2ccc(C)cc2)CC[C@H]2C3=C([C@@H](O)C[C@@]21C)[C@@]1(C)C=CC(=O)C=C1CC3. The maximum absolute atomic E-state index is 14.2. The number of allylic oxidation sites excluding steroid dienone is 5. The molecule has 234 valence electrons. The molecule has 1 fully saturated rings. The van der Waals surface area contributed by atoms with Gasteiger partial charge >= 0.3 is 0 Å². The van der Waals surface area contributed by atoms with E-state index in [1.165, 1.54) is 12.1 Å². The number of aryl methyl sites for hydroxylation is 1. The maximum Gasteiger partial charge on any atom is 0.297 e. The van der Waals surface area contributed by atoms with Gasteiger partial charge in [0.15, 0.2) is 17.9 Å². The first-order chi connectivity index (χ1) is 20.3. The minimum atomic E-state index is -4.22. The highest BCUT2D eigenvalue weighted by Gasteiger charge is 2.67. The number of hydrogen-bond donors (Lipinski definition) is 2. The highest BCUT2D eigenvalue weighted by atomic mass is 32.2. The summed E-state index contributed by atoms with van der Waals surface area (Å²) in [5, 5.41) is 22.8. The Labute approximate surface area is 255 Å². The van der Waals surface area contributed by atoms with Crippen molar-refractivity contribution in [2.75, 3.05) is 6.61 Å². The van der Waals surface area contributed by atoms with Crippen molar-refractivity contribution in [1.82, 2.24) is 0 Å². The second-order valence-corrected chi connectivity index (χ2v) is 14.7. The number of benzene rings is 1. The molecule has 6 atom stereocenters. The molecule has 1 saturated carbocycles. The number of carbonyl (C=O) groups is 2. The average Bonchev–Trinajstić information content (AvgIpc) is 3.24. The highest BCUT2D eigenvalue weighted by Crippen LogP contribution is 2.65. The second-order valence-electron chi connectivity index (χ2n) is 13.1. The van der Waals surface area contributed by atoms with Crippen molar-refractivity contribution in [1.29, 1.82) is 0 Å². The van der Waals surface area contributed by atoms with E-state index >= 15 is 0 Å². The molecule has 0 aliphatic heterocycles. The molecule has 0 bridgehead atoms. The second kappa shape index (κ2) is 11.8. The van der Waals surface area contributed by atoms with E-state index in [2.05, 4.69) is 6.92 Å². The van der Waals surface area contributed by atoms with Crippen LogP contribution in [0.4, 0.5) is 0 Å². The van der Waals surface area contributed by atoms with Crippen LogP contribution in [0.1, 0.15) is 84.1 Å². The Morgan fingerprint density at radius 1 is 1.14 bits per heavy atom. The number of Topliss-reactive ketones (excluding diaryl/α,β-unsaturated/α-hetero) is 1. The lowest BCUT2D eigenvalue weighted by Crippen LogP contribution is -2.59. The fourth-order valence-electron chi connectivity index (χ4n) is 8.18.